The van der Waals surface area contributed by atoms with Crippen molar-refractivity contribution in [3.8, 4) is 11.5 Å². The maximum absolute atomic E-state index is 12.9. The number of ether oxygens (including phenoxy) is 2. The Kier molecular flexibility index (Phi) is 3.75. The van der Waals surface area contributed by atoms with E-state index in [9.17, 15) is 8.42 Å². The summed E-state index contributed by atoms with van der Waals surface area (Å²) in [5, 5.41) is 3.61. The van der Waals surface area contributed by atoms with Gasteiger partial charge in [0.2, 0.25) is 15.8 Å². The average molecular weight is 354 g/mol. The van der Waals surface area contributed by atoms with Crippen molar-refractivity contribution < 1.29 is 26.8 Å². The molecule has 2 aliphatic heterocycles. The molecule has 0 aliphatic carbocycles. The summed E-state index contributed by atoms with van der Waals surface area (Å²) >= 11 is 0. The summed E-state index contributed by atoms with van der Waals surface area (Å²) in [7, 11) is -3.64. The molecule has 2 fully saturated rings. The van der Waals surface area contributed by atoms with Gasteiger partial charge < -0.3 is 18.4 Å². The fourth-order valence-corrected chi connectivity index (χ4v) is 4.78. The highest BCUT2D eigenvalue weighted by Crippen LogP contribution is 2.35. The standard InChI is InChI=1S/C15H18N2O6S/c1-11-14(10-13(22-11)12-2-5-16-23-12)24(18,19)17-6-3-15(4-7-17)20-8-9-21-15/h2,5,10H,3-4,6-9H2,1H3. The summed E-state index contributed by atoms with van der Waals surface area (Å²) < 4.78 is 49.2. The van der Waals surface area contributed by atoms with Crippen molar-refractivity contribution in [2.75, 3.05) is 26.3 Å². The van der Waals surface area contributed by atoms with Crippen LogP contribution in [0.25, 0.3) is 11.5 Å². The number of hydrogen-bond donors (Lipinski definition) is 0. The van der Waals surface area contributed by atoms with Crippen LogP contribution in [0, 0.1) is 6.92 Å². The van der Waals surface area contributed by atoms with E-state index in [1.54, 1.807) is 13.0 Å². The van der Waals surface area contributed by atoms with Gasteiger partial charge in [-0.3, -0.25) is 0 Å². The van der Waals surface area contributed by atoms with E-state index in [4.69, 9.17) is 18.4 Å². The van der Waals surface area contributed by atoms with E-state index in [0.29, 0.717) is 56.4 Å². The van der Waals surface area contributed by atoms with Gasteiger partial charge in [-0.05, 0) is 6.92 Å². The van der Waals surface area contributed by atoms with Crippen LogP contribution in [0.15, 0.2) is 32.2 Å². The molecule has 2 saturated heterocycles. The molecule has 2 aromatic rings. The topological polar surface area (TPSA) is 95.0 Å². The Morgan fingerprint density at radius 1 is 1.17 bits per heavy atom. The van der Waals surface area contributed by atoms with Crippen LogP contribution in [0.2, 0.25) is 0 Å². The third-order valence-electron chi connectivity index (χ3n) is 4.47. The van der Waals surface area contributed by atoms with E-state index in [0.717, 1.165) is 0 Å². The van der Waals surface area contributed by atoms with Gasteiger partial charge in [-0.2, -0.15) is 4.31 Å². The highest BCUT2D eigenvalue weighted by molar-refractivity contribution is 7.89. The van der Waals surface area contributed by atoms with Crippen molar-refractivity contribution in [2.45, 2.75) is 30.4 Å². The molecule has 2 aromatic heterocycles. The largest absolute Gasteiger partial charge is 0.457 e. The van der Waals surface area contributed by atoms with E-state index in [2.05, 4.69) is 5.16 Å². The first-order chi connectivity index (χ1) is 11.5. The van der Waals surface area contributed by atoms with Gasteiger partial charge >= 0.3 is 0 Å². The molecule has 24 heavy (non-hydrogen) atoms. The molecule has 4 heterocycles. The third-order valence-corrected chi connectivity index (χ3v) is 6.47. The molecule has 0 saturated carbocycles. The number of piperidine rings is 1. The van der Waals surface area contributed by atoms with Gasteiger partial charge in [0.25, 0.3) is 0 Å². The molecule has 4 rings (SSSR count). The van der Waals surface area contributed by atoms with Crippen molar-refractivity contribution in [3.05, 3.63) is 24.1 Å². The molecule has 0 N–H and O–H groups in total. The zero-order valence-electron chi connectivity index (χ0n) is 13.2. The first-order valence-electron chi connectivity index (χ1n) is 7.80. The Hall–Kier alpha value is -1.68. The summed E-state index contributed by atoms with van der Waals surface area (Å²) in [6.07, 6.45) is 2.53. The van der Waals surface area contributed by atoms with E-state index >= 15 is 0 Å². The Labute approximate surface area is 139 Å². The molecule has 0 unspecified atom stereocenters. The number of hydrogen-bond acceptors (Lipinski definition) is 7. The zero-order valence-corrected chi connectivity index (χ0v) is 14.0. The van der Waals surface area contributed by atoms with Gasteiger partial charge in [0.05, 0.1) is 19.4 Å². The summed E-state index contributed by atoms with van der Waals surface area (Å²) in [6.45, 7) is 3.46. The molecule has 1 spiro atoms. The average Bonchev–Trinajstić information content (AvgIpc) is 3.28. The Morgan fingerprint density at radius 2 is 1.88 bits per heavy atom. The second-order valence-corrected chi connectivity index (χ2v) is 7.83. The number of sulfonamides is 1. The molecule has 0 radical (unpaired) electrons. The van der Waals surface area contributed by atoms with E-state index < -0.39 is 15.8 Å². The van der Waals surface area contributed by atoms with Gasteiger partial charge in [0.15, 0.2) is 11.5 Å². The fourth-order valence-electron chi connectivity index (χ4n) is 3.18. The lowest BCUT2D eigenvalue weighted by Gasteiger charge is -2.36. The van der Waals surface area contributed by atoms with Crippen LogP contribution in [-0.4, -0.2) is 50.0 Å². The minimum Gasteiger partial charge on any atom is -0.457 e. The summed E-state index contributed by atoms with van der Waals surface area (Å²) in [4.78, 5) is 0.151. The van der Waals surface area contributed by atoms with Crippen LogP contribution in [-0.2, 0) is 19.5 Å². The van der Waals surface area contributed by atoms with Crippen LogP contribution in [0.3, 0.4) is 0 Å². The Morgan fingerprint density at radius 3 is 2.50 bits per heavy atom. The lowest BCUT2D eigenvalue weighted by molar-refractivity contribution is -0.179. The molecular formula is C15H18N2O6S. The smallest absolute Gasteiger partial charge is 0.246 e. The summed E-state index contributed by atoms with van der Waals surface area (Å²) in [6, 6.07) is 3.10. The zero-order chi connectivity index (χ0) is 16.8. The highest BCUT2D eigenvalue weighted by atomic mass is 32.2. The van der Waals surface area contributed by atoms with Gasteiger partial charge in [-0.15, -0.1) is 0 Å². The number of rotatable bonds is 3. The van der Waals surface area contributed by atoms with Gasteiger partial charge in [-0.1, -0.05) is 5.16 Å². The predicted molar refractivity (Wildman–Crippen MR) is 81.6 cm³/mol. The van der Waals surface area contributed by atoms with Crippen molar-refractivity contribution in [1.29, 1.82) is 0 Å². The van der Waals surface area contributed by atoms with Gasteiger partial charge in [0.1, 0.15) is 10.7 Å². The molecule has 0 amide bonds. The Balaban J connectivity index is 1.57. The van der Waals surface area contributed by atoms with Gasteiger partial charge in [0, 0.05) is 38.1 Å². The summed E-state index contributed by atoms with van der Waals surface area (Å²) in [5.74, 6) is 0.460. The van der Waals surface area contributed by atoms with Gasteiger partial charge in [-0.25, -0.2) is 8.42 Å². The number of aromatic nitrogens is 1. The predicted octanol–water partition coefficient (Wildman–Crippen LogP) is 1.77. The van der Waals surface area contributed by atoms with Crippen molar-refractivity contribution in [2.24, 2.45) is 0 Å². The first-order valence-corrected chi connectivity index (χ1v) is 9.24. The maximum Gasteiger partial charge on any atom is 0.246 e. The minimum atomic E-state index is -3.64. The third kappa shape index (κ3) is 2.57. The second-order valence-electron chi connectivity index (χ2n) is 5.92. The quantitative estimate of drug-likeness (QED) is 0.829. The van der Waals surface area contributed by atoms with Crippen molar-refractivity contribution in [1.82, 2.24) is 9.46 Å². The lowest BCUT2D eigenvalue weighted by Crippen LogP contribution is -2.47. The number of nitrogens with zero attached hydrogens (tertiary/aromatic N) is 2. The minimum absolute atomic E-state index is 0.151. The second kappa shape index (κ2) is 5.69. The molecule has 0 atom stereocenters. The molecule has 9 heteroatoms. The highest BCUT2D eigenvalue weighted by Gasteiger charge is 2.43. The molecule has 0 bridgehead atoms. The maximum atomic E-state index is 12.9. The van der Waals surface area contributed by atoms with E-state index in [1.807, 2.05) is 0 Å². The van der Waals surface area contributed by atoms with Crippen LogP contribution in [0.5, 0.6) is 0 Å². The monoisotopic (exact) mass is 354 g/mol. The molecule has 2 aliphatic rings. The Bertz CT molecular complexity index is 810. The van der Waals surface area contributed by atoms with Crippen LogP contribution >= 0.6 is 0 Å². The molecular weight excluding hydrogens is 336 g/mol. The molecule has 0 aromatic carbocycles. The molecule has 8 nitrogen and oxygen atoms in total. The van der Waals surface area contributed by atoms with Crippen LogP contribution < -0.4 is 0 Å². The molecule has 130 valence electrons. The van der Waals surface area contributed by atoms with Crippen molar-refractivity contribution >= 4 is 10.0 Å². The SMILES string of the molecule is Cc1oc(-c2ccno2)cc1S(=O)(=O)N1CCC2(CC1)OCCO2. The van der Waals surface area contributed by atoms with E-state index in [-0.39, 0.29) is 4.90 Å². The fraction of sp³-hybridized carbons (Fsp3) is 0.533. The lowest BCUT2D eigenvalue weighted by atomic mass is 10.1. The van der Waals surface area contributed by atoms with Crippen LogP contribution in [0.4, 0.5) is 0 Å². The normalized spacial score (nSPS) is 21.5. The summed E-state index contributed by atoms with van der Waals surface area (Å²) in [5.41, 5.74) is 0. The number of aryl methyl sites for hydroxylation is 1. The van der Waals surface area contributed by atoms with Crippen molar-refractivity contribution in [3.63, 3.8) is 0 Å². The van der Waals surface area contributed by atoms with Crippen LogP contribution in [0.1, 0.15) is 18.6 Å². The first kappa shape index (κ1) is 15.8. The number of furan rings is 1. The van der Waals surface area contributed by atoms with E-state index in [1.165, 1.54) is 16.6 Å².